The van der Waals surface area contributed by atoms with Crippen LogP contribution in [0.2, 0.25) is 0 Å². The van der Waals surface area contributed by atoms with Crippen LogP contribution in [0, 0.1) is 0 Å². The summed E-state index contributed by atoms with van der Waals surface area (Å²) in [6.07, 6.45) is 0. The monoisotopic (exact) mass is 204 g/mol. The average molecular weight is 205 g/mol. The van der Waals surface area contributed by atoms with Crippen molar-refractivity contribution < 1.29 is 4.74 Å². The van der Waals surface area contributed by atoms with Crippen LogP contribution in [0.25, 0.3) is 0 Å². The largest absolute Gasteiger partial charge is 0.361 e. The Balaban J connectivity index is 2.86. The van der Waals surface area contributed by atoms with Gasteiger partial charge in [-0.15, -0.1) is 11.6 Å². The summed E-state index contributed by atoms with van der Waals surface area (Å²) in [6, 6.07) is 7.72. The molecule has 0 aliphatic rings. The lowest BCUT2D eigenvalue weighted by molar-refractivity contribution is 0.170. The highest BCUT2D eigenvalue weighted by Crippen LogP contribution is 2.21. The van der Waals surface area contributed by atoms with E-state index < -0.39 is 0 Å². The van der Waals surface area contributed by atoms with Gasteiger partial charge in [0.2, 0.25) is 0 Å². The van der Waals surface area contributed by atoms with Crippen LogP contribution in [0.5, 0.6) is 0 Å². The molecule has 1 aromatic carbocycles. The molecule has 0 aliphatic heterocycles. The van der Waals surface area contributed by atoms with Gasteiger partial charge in [0, 0.05) is 13.0 Å². The van der Waals surface area contributed by atoms with Gasteiger partial charge in [-0.05, 0) is 11.1 Å². The highest BCUT2D eigenvalue weighted by Gasteiger charge is 2.05. The predicted octanol–water partition coefficient (Wildman–Crippen LogP) is 3.31. The molecule has 0 aliphatic carbocycles. The summed E-state index contributed by atoms with van der Waals surface area (Å²) < 4.78 is 4.96. The van der Waals surface area contributed by atoms with Gasteiger partial charge in [0.25, 0.3) is 0 Å². The standard InChI is InChI=1S/C9H10Cl2O/c1-12-9(11)8-4-2-3-7(5-8)6-10/h2-5,9H,6H2,1H3. The highest BCUT2D eigenvalue weighted by atomic mass is 35.5. The summed E-state index contributed by atoms with van der Waals surface area (Å²) in [4.78, 5) is 0. The maximum Gasteiger partial charge on any atom is 0.156 e. The minimum Gasteiger partial charge on any atom is -0.361 e. The Morgan fingerprint density at radius 2 is 2.25 bits per heavy atom. The fourth-order valence-corrected chi connectivity index (χ4v) is 1.26. The first-order valence-electron chi connectivity index (χ1n) is 3.59. The van der Waals surface area contributed by atoms with E-state index in [9.17, 15) is 0 Å². The minimum atomic E-state index is -0.381. The number of rotatable bonds is 3. The molecule has 0 spiro atoms. The van der Waals surface area contributed by atoms with Crippen molar-refractivity contribution in [1.82, 2.24) is 0 Å². The molecular formula is C9H10Cl2O. The quantitative estimate of drug-likeness (QED) is 0.687. The van der Waals surface area contributed by atoms with Gasteiger partial charge in [-0.2, -0.15) is 0 Å². The van der Waals surface area contributed by atoms with Crippen LogP contribution < -0.4 is 0 Å². The molecule has 1 nitrogen and oxygen atoms in total. The predicted molar refractivity (Wildman–Crippen MR) is 51.6 cm³/mol. The lowest BCUT2D eigenvalue weighted by atomic mass is 10.1. The van der Waals surface area contributed by atoms with E-state index in [1.807, 2.05) is 24.3 Å². The van der Waals surface area contributed by atoms with Gasteiger partial charge in [-0.25, -0.2) is 0 Å². The van der Waals surface area contributed by atoms with Gasteiger partial charge < -0.3 is 4.74 Å². The number of ether oxygens (including phenoxy) is 1. The van der Waals surface area contributed by atoms with Crippen LogP contribution in [0.15, 0.2) is 24.3 Å². The molecule has 66 valence electrons. The van der Waals surface area contributed by atoms with Gasteiger partial charge in [-0.3, -0.25) is 0 Å². The molecule has 0 radical (unpaired) electrons. The third-order valence-electron chi connectivity index (χ3n) is 1.57. The fourth-order valence-electron chi connectivity index (χ4n) is 0.953. The first kappa shape index (κ1) is 9.85. The van der Waals surface area contributed by atoms with Gasteiger partial charge >= 0.3 is 0 Å². The normalized spacial score (nSPS) is 12.9. The average Bonchev–Trinajstić information content (AvgIpc) is 2.17. The zero-order chi connectivity index (χ0) is 8.97. The molecule has 1 unspecified atom stereocenters. The lowest BCUT2D eigenvalue weighted by Gasteiger charge is -2.07. The van der Waals surface area contributed by atoms with Crippen molar-refractivity contribution in [3.05, 3.63) is 35.4 Å². The minimum absolute atomic E-state index is 0.381. The lowest BCUT2D eigenvalue weighted by Crippen LogP contribution is -1.93. The topological polar surface area (TPSA) is 9.23 Å². The molecule has 1 atom stereocenters. The first-order chi connectivity index (χ1) is 5.77. The summed E-state index contributed by atoms with van der Waals surface area (Å²) >= 11 is 11.5. The molecule has 12 heavy (non-hydrogen) atoms. The molecule has 0 fully saturated rings. The van der Waals surface area contributed by atoms with Crippen molar-refractivity contribution in [2.24, 2.45) is 0 Å². The van der Waals surface area contributed by atoms with E-state index >= 15 is 0 Å². The van der Waals surface area contributed by atoms with E-state index in [4.69, 9.17) is 27.9 Å². The molecule has 0 aromatic heterocycles. The van der Waals surface area contributed by atoms with Gasteiger partial charge in [-0.1, -0.05) is 35.9 Å². The van der Waals surface area contributed by atoms with Crippen molar-refractivity contribution >= 4 is 23.2 Å². The van der Waals surface area contributed by atoms with Gasteiger partial charge in [0.15, 0.2) is 5.56 Å². The Hall–Kier alpha value is -0.240. The summed E-state index contributed by atoms with van der Waals surface area (Å²) in [5.74, 6) is 0.501. The van der Waals surface area contributed by atoms with Crippen molar-refractivity contribution in [1.29, 1.82) is 0 Å². The summed E-state index contributed by atoms with van der Waals surface area (Å²) in [5.41, 5.74) is 1.61. The van der Waals surface area contributed by atoms with E-state index in [0.717, 1.165) is 11.1 Å². The second-order valence-electron chi connectivity index (χ2n) is 2.43. The van der Waals surface area contributed by atoms with Crippen LogP contribution in [0.3, 0.4) is 0 Å². The molecule has 0 N–H and O–H groups in total. The van der Waals surface area contributed by atoms with Crippen LogP contribution in [-0.2, 0) is 10.6 Å². The van der Waals surface area contributed by atoms with Crippen LogP contribution in [0.1, 0.15) is 16.7 Å². The van der Waals surface area contributed by atoms with E-state index in [1.54, 1.807) is 7.11 Å². The van der Waals surface area contributed by atoms with Crippen LogP contribution in [-0.4, -0.2) is 7.11 Å². The maximum absolute atomic E-state index is 5.85. The number of hydrogen-bond donors (Lipinski definition) is 0. The maximum atomic E-state index is 5.85. The van der Waals surface area contributed by atoms with Crippen molar-refractivity contribution in [3.63, 3.8) is 0 Å². The first-order valence-corrected chi connectivity index (χ1v) is 4.56. The second-order valence-corrected chi connectivity index (χ2v) is 3.09. The van der Waals surface area contributed by atoms with E-state index in [1.165, 1.54) is 0 Å². The fraction of sp³-hybridized carbons (Fsp3) is 0.333. The number of methoxy groups -OCH3 is 1. The Labute approximate surface area is 82.2 Å². The molecule has 0 bridgehead atoms. The Bertz CT molecular complexity index is 250. The molecule has 0 heterocycles. The molecule has 0 amide bonds. The number of hydrogen-bond acceptors (Lipinski definition) is 1. The van der Waals surface area contributed by atoms with E-state index in [2.05, 4.69) is 0 Å². The third-order valence-corrected chi connectivity index (χ3v) is 2.31. The van der Waals surface area contributed by atoms with Gasteiger partial charge in [0.1, 0.15) is 0 Å². The molecule has 0 saturated heterocycles. The summed E-state index contributed by atoms with van der Waals surface area (Å²) in [5, 5.41) is 0. The Morgan fingerprint density at radius 3 is 2.83 bits per heavy atom. The molecule has 1 aromatic rings. The molecular weight excluding hydrogens is 195 g/mol. The number of benzene rings is 1. The summed E-state index contributed by atoms with van der Waals surface area (Å²) in [7, 11) is 1.57. The zero-order valence-corrected chi connectivity index (χ0v) is 8.27. The molecule has 3 heteroatoms. The number of halogens is 2. The molecule has 1 rings (SSSR count). The third kappa shape index (κ3) is 2.37. The Kier molecular flexibility index (Phi) is 3.86. The van der Waals surface area contributed by atoms with Gasteiger partial charge in [0.05, 0.1) is 0 Å². The Morgan fingerprint density at radius 1 is 1.50 bits per heavy atom. The van der Waals surface area contributed by atoms with Crippen molar-refractivity contribution in [3.8, 4) is 0 Å². The molecule has 0 saturated carbocycles. The van der Waals surface area contributed by atoms with Crippen LogP contribution in [0.4, 0.5) is 0 Å². The smallest absolute Gasteiger partial charge is 0.156 e. The van der Waals surface area contributed by atoms with E-state index in [-0.39, 0.29) is 5.56 Å². The SMILES string of the molecule is COC(Cl)c1cccc(CCl)c1. The van der Waals surface area contributed by atoms with Crippen molar-refractivity contribution in [2.75, 3.05) is 7.11 Å². The summed E-state index contributed by atoms with van der Waals surface area (Å²) in [6.45, 7) is 0. The van der Waals surface area contributed by atoms with Crippen molar-refractivity contribution in [2.45, 2.75) is 11.4 Å². The highest BCUT2D eigenvalue weighted by molar-refractivity contribution is 6.20. The van der Waals surface area contributed by atoms with E-state index in [0.29, 0.717) is 5.88 Å². The second kappa shape index (κ2) is 4.70. The van der Waals surface area contributed by atoms with Crippen LogP contribution >= 0.6 is 23.2 Å². The number of alkyl halides is 2. The zero-order valence-electron chi connectivity index (χ0n) is 6.76.